The molecule has 0 N–H and O–H groups in total. The van der Waals surface area contributed by atoms with E-state index in [4.69, 9.17) is 4.74 Å². The molecule has 0 radical (unpaired) electrons. The number of benzene rings is 3. The van der Waals surface area contributed by atoms with Crippen molar-refractivity contribution < 1.29 is 22.3 Å². The van der Waals surface area contributed by atoms with Crippen LogP contribution in [-0.2, 0) is 6.11 Å². The van der Waals surface area contributed by atoms with E-state index >= 15 is 8.78 Å². The molecule has 3 aromatic rings. The first kappa shape index (κ1) is 24.3. The van der Waals surface area contributed by atoms with Gasteiger partial charge in [-0.3, -0.25) is 0 Å². The van der Waals surface area contributed by atoms with Crippen molar-refractivity contribution >= 4 is 0 Å². The third-order valence-corrected chi connectivity index (χ3v) is 6.89. The van der Waals surface area contributed by atoms with Gasteiger partial charge in [-0.1, -0.05) is 62.6 Å². The molecule has 0 atom stereocenters. The van der Waals surface area contributed by atoms with Crippen LogP contribution in [0, 0.1) is 17.6 Å². The lowest BCUT2D eigenvalue weighted by Gasteiger charge is -2.29. The van der Waals surface area contributed by atoms with Gasteiger partial charge in [0.25, 0.3) is 0 Å². The predicted molar refractivity (Wildman–Crippen MR) is 127 cm³/mol. The molecule has 0 unspecified atom stereocenters. The van der Waals surface area contributed by atoms with E-state index < -0.39 is 17.7 Å². The van der Waals surface area contributed by atoms with Crippen molar-refractivity contribution in [3.63, 3.8) is 0 Å². The molecular weight excluding hydrogens is 440 g/mol. The van der Waals surface area contributed by atoms with Gasteiger partial charge in [0, 0.05) is 5.56 Å². The molecule has 0 heterocycles. The number of hydrogen-bond acceptors (Lipinski definition) is 1. The molecule has 3 aromatic carbocycles. The first-order valence-electron chi connectivity index (χ1n) is 12.1. The summed E-state index contributed by atoms with van der Waals surface area (Å²) in [5.41, 5.74) is 1.37. The molecule has 1 aliphatic carbocycles. The fourth-order valence-electron chi connectivity index (χ4n) is 4.88. The summed E-state index contributed by atoms with van der Waals surface area (Å²) in [6.07, 6.45) is 4.81. The van der Waals surface area contributed by atoms with E-state index in [0.29, 0.717) is 5.92 Å². The summed E-state index contributed by atoms with van der Waals surface area (Å²) in [5, 5.41) is 0. The molecule has 1 fully saturated rings. The number of rotatable bonds is 8. The Labute approximate surface area is 198 Å². The molecule has 0 aliphatic heterocycles. The minimum absolute atomic E-state index is 0.104. The Bertz CT molecular complexity index is 1090. The van der Waals surface area contributed by atoms with E-state index in [1.54, 1.807) is 24.3 Å². The molecule has 0 aromatic heterocycles. The normalized spacial score (nSPS) is 18.6. The van der Waals surface area contributed by atoms with Gasteiger partial charge in [-0.15, -0.1) is 0 Å². The zero-order chi connectivity index (χ0) is 24.1. The highest BCUT2D eigenvalue weighted by atomic mass is 19.3. The lowest BCUT2D eigenvalue weighted by molar-refractivity contribution is -0.185. The van der Waals surface area contributed by atoms with E-state index in [1.807, 2.05) is 0 Å². The van der Waals surface area contributed by atoms with Gasteiger partial charge in [0.05, 0.1) is 5.56 Å². The molecule has 180 valence electrons. The first-order valence-corrected chi connectivity index (χ1v) is 12.1. The van der Waals surface area contributed by atoms with Crippen LogP contribution < -0.4 is 4.74 Å². The Morgan fingerprint density at radius 1 is 0.853 bits per heavy atom. The van der Waals surface area contributed by atoms with E-state index in [1.165, 1.54) is 62.4 Å². The second-order valence-corrected chi connectivity index (χ2v) is 9.23. The average molecular weight is 471 g/mol. The Hall–Kier alpha value is -2.82. The molecular formula is C29H30F4O. The third-order valence-electron chi connectivity index (χ3n) is 6.89. The highest BCUT2D eigenvalue weighted by molar-refractivity contribution is 5.70. The fraction of sp³-hybridized carbons (Fsp3) is 0.379. The summed E-state index contributed by atoms with van der Waals surface area (Å²) in [4.78, 5) is 0. The van der Waals surface area contributed by atoms with Gasteiger partial charge in [0.2, 0.25) is 0 Å². The van der Waals surface area contributed by atoms with E-state index in [2.05, 4.69) is 6.92 Å². The molecule has 0 saturated heterocycles. The first-order chi connectivity index (χ1) is 16.4. The van der Waals surface area contributed by atoms with Crippen molar-refractivity contribution in [2.45, 2.75) is 63.9 Å². The zero-order valence-corrected chi connectivity index (χ0v) is 19.4. The molecule has 4 rings (SSSR count). The summed E-state index contributed by atoms with van der Waals surface area (Å²) < 4.78 is 62.3. The van der Waals surface area contributed by atoms with Crippen molar-refractivity contribution in [1.82, 2.24) is 0 Å². The van der Waals surface area contributed by atoms with Crippen molar-refractivity contribution in [2.24, 2.45) is 5.92 Å². The van der Waals surface area contributed by atoms with Gasteiger partial charge in [0.1, 0.15) is 5.75 Å². The monoisotopic (exact) mass is 470 g/mol. The summed E-state index contributed by atoms with van der Waals surface area (Å²) in [7, 11) is 0. The van der Waals surface area contributed by atoms with Gasteiger partial charge < -0.3 is 4.74 Å². The van der Waals surface area contributed by atoms with Crippen LogP contribution in [-0.4, -0.2) is 0 Å². The van der Waals surface area contributed by atoms with Crippen molar-refractivity contribution in [2.75, 3.05) is 0 Å². The Balaban J connectivity index is 1.47. The number of hydrogen-bond donors (Lipinski definition) is 0. The summed E-state index contributed by atoms with van der Waals surface area (Å²) in [5.74, 6) is -0.942. The van der Waals surface area contributed by atoms with E-state index in [0.717, 1.165) is 36.5 Å². The fourth-order valence-corrected chi connectivity index (χ4v) is 4.88. The molecule has 0 spiro atoms. The second kappa shape index (κ2) is 10.6. The van der Waals surface area contributed by atoms with E-state index in [9.17, 15) is 8.78 Å². The van der Waals surface area contributed by atoms with Crippen LogP contribution in [0.2, 0.25) is 0 Å². The largest absolute Gasteiger partial charge is 0.428 e. The van der Waals surface area contributed by atoms with Crippen molar-refractivity contribution in [3.05, 3.63) is 89.5 Å². The maximum Gasteiger partial charge on any atom is 0.426 e. The lowest BCUT2D eigenvalue weighted by atomic mass is 9.77. The maximum atomic E-state index is 15.1. The summed E-state index contributed by atoms with van der Waals surface area (Å²) in [6.45, 7) is 2.22. The van der Waals surface area contributed by atoms with Crippen LogP contribution in [0.4, 0.5) is 17.6 Å². The molecule has 0 amide bonds. The average Bonchev–Trinajstić information content (AvgIpc) is 2.85. The maximum absolute atomic E-state index is 15.1. The van der Waals surface area contributed by atoms with Gasteiger partial charge in [-0.05, 0) is 79.0 Å². The van der Waals surface area contributed by atoms with Crippen LogP contribution in [0.1, 0.15) is 68.9 Å². The van der Waals surface area contributed by atoms with Crippen LogP contribution in [0.25, 0.3) is 11.1 Å². The van der Waals surface area contributed by atoms with Crippen LogP contribution in [0.5, 0.6) is 5.75 Å². The number of ether oxygens (including phenoxy) is 1. The van der Waals surface area contributed by atoms with Crippen LogP contribution in [0.15, 0.2) is 66.7 Å². The topological polar surface area (TPSA) is 9.23 Å². The number of alkyl halides is 2. The van der Waals surface area contributed by atoms with E-state index in [-0.39, 0.29) is 22.4 Å². The number of para-hydroxylation sites is 1. The van der Waals surface area contributed by atoms with Crippen LogP contribution >= 0.6 is 0 Å². The molecule has 1 saturated carbocycles. The molecule has 34 heavy (non-hydrogen) atoms. The minimum Gasteiger partial charge on any atom is -0.428 e. The minimum atomic E-state index is -3.58. The van der Waals surface area contributed by atoms with Gasteiger partial charge in [-0.25, -0.2) is 8.78 Å². The molecule has 1 aliphatic rings. The Kier molecular flexibility index (Phi) is 7.60. The molecule has 0 bridgehead atoms. The standard InChI is InChI=1S/C29H30F4O/c1-2-3-6-20-9-11-21(12-10-20)22-13-16-24(17-14-22)29(32,33)34-28-8-5-4-7-25(28)23-15-18-26(30)27(31)19-23/h4-5,7-8,13-21H,2-3,6,9-12H2,1H3. The summed E-state index contributed by atoms with van der Waals surface area (Å²) in [6, 6.07) is 15.8. The smallest absolute Gasteiger partial charge is 0.426 e. The third kappa shape index (κ3) is 5.63. The quantitative estimate of drug-likeness (QED) is 0.298. The second-order valence-electron chi connectivity index (χ2n) is 9.23. The van der Waals surface area contributed by atoms with Gasteiger partial charge in [0.15, 0.2) is 11.6 Å². The molecule has 5 heteroatoms. The van der Waals surface area contributed by atoms with Crippen LogP contribution in [0.3, 0.4) is 0 Å². The number of unbranched alkanes of at least 4 members (excludes halogenated alkanes) is 1. The summed E-state index contributed by atoms with van der Waals surface area (Å²) >= 11 is 0. The van der Waals surface area contributed by atoms with Crippen molar-refractivity contribution in [1.29, 1.82) is 0 Å². The lowest BCUT2D eigenvalue weighted by Crippen LogP contribution is -2.22. The highest BCUT2D eigenvalue weighted by Gasteiger charge is 2.35. The van der Waals surface area contributed by atoms with Gasteiger partial charge in [-0.2, -0.15) is 8.78 Å². The highest BCUT2D eigenvalue weighted by Crippen LogP contribution is 2.40. The SMILES string of the molecule is CCCCC1CCC(c2ccc(C(F)(F)Oc3ccccc3-c3ccc(F)c(F)c3)cc2)CC1. The number of halogens is 4. The molecule has 1 nitrogen and oxygen atoms in total. The van der Waals surface area contributed by atoms with Crippen molar-refractivity contribution in [3.8, 4) is 16.9 Å². The zero-order valence-electron chi connectivity index (χ0n) is 19.4. The Morgan fingerprint density at radius 2 is 1.56 bits per heavy atom. The van der Waals surface area contributed by atoms with Gasteiger partial charge >= 0.3 is 6.11 Å². The Morgan fingerprint density at radius 3 is 2.24 bits per heavy atom. The predicted octanol–water partition coefficient (Wildman–Crippen LogP) is 9.22.